The number of aromatic nitrogens is 2. The van der Waals surface area contributed by atoms with Crippen LogP contribution in [0, 0.1) is 12.3 Å². The maximum atomic E-state index is 12.0. The van der Waals surface area contributed by atoms with Crippen LogP contribution in [-0.2, 0) is 9.53 Å². The highest BCUT2D eigenvalue weighted by molar-refractivity contribution is 6.19. The molecule has 2 N–H and O–H groups in total. The summed E-state index contributed by atoms with van der Waals surface area (Å²) >= 11 is 0. The monoisotopic (exact) mass is 315 g/mol. The van der Waals surface area contributed by atoms with Gasteiger partial charge in [0.15, 0.2) is 11.5 Å². The highest BCUT2D eigenvalue weighted by Crippen LogP contribution is 2.11. The van der Waals surface area contributed by atoms with E-state index in [4.69, 9.17) is 10.1 Å². The highest BCUT2D eigenvalue weighted by atomic mass is 16.5. The average molecular weight is 315 g/mol. The van der Waals surface area contributed by atoms with E-state index in [1.54, 1.807) is 16.7 Å². The van der Waals surface area contributed by atoms with Crippen LogP contribution in [0.3, 0.4) is 0 Å². The van der Waals surface area contributed by atoms with Gasteiger partial charge in [0.05, 0.1) is 5.57 Å². The molecule has 2 heterocycles. The molecule has 0 amide bonds. The molecule has 2 rings (SSSR count). The van der Waals surface area contributed by atoms with Gasteiger partial charge in [-0.15, -0.1) is 0 Å². The maximum Gasteiger partial charge on any atom is 0.359 e. The minimum Gasteiger partial charge on any atom is -0.508 e. The van der Waals surface area contributed by atoms with Crippen LogP contribution in [0.2, 0.25) is 0 Å². The summed E-state index contributed by atoms with van der Waals surface area (Å²) in [6, 6.07) is 5.46. The fraction of sp³-hybridized carbons (Fsp3) is 0.250. The van der Waals surface area contributed by atoms with E-state index in [0.717, 1.165) is 5.69 Å². The molecule has 120 valence electrons. The van der Waals surface area contributed by atoms with Crippen molar-refractivity contribution >= 4 is 23.1 Å². The zero-order chi connectivity index (χ0) is 17.1. The van der Waals surface area contributed by atoms with E-state index in [-0.39, 0.29) is 17.0 Å². The molecule has 0 aromatic carbocycles. The number of aliphatic hydroxyl groups is 1. The summed E-state index contributed by atoms with van der Waals surface area (Å²) in [7, 11) is 0. The zero-order valence-corrected chi connectivity index (χ0v) is 13.1. The van der Waals surface area contributed by atoms with Gasteiger partial charge < -0.3 is 19.7 Å². The second kappa shape index (κ2) is 6.43. The van der Waals surface area contributed by atoms with Gasteiger partial charge in [-0.25, -0.2) is 9.78 Å². The molecule has 0 saturated heterocycles. The summed E-state index contributed by atoms with van der Waals surface area (Å²) in [5.41, 5.74) is 1.38. The summed E-state index contributed by atoms with van der Waals surface area (Å²) in [5.74, 6) is -1.63. The molecule has 0 bridgehead atoms. The summed E-state index contributed by atoms with van der Waals surface area (Å²) in [6.07, 6.45) is 1.54. The number of nitrogens with one attached hydrogen (secondary N) is 1. The van der Waals surface area contributed by atoms with Crippen molar-refractivity contribution in [1.82, 2.24) is 9.38 Å². The highest BCUT2D eigenvalue weighted by Gasteiger charge is 2.17. The van der Waals surface area contributed by atoms with E-state index < -0.39 is 24.1 Å². The van der Waals surface area contributed by atoms with Gasteiger partial charge in [0.2, 0.25) is 0 Å². The molecular formula is C16H17N3O4. The number of aryl methyl sites for hydroxylation is 1. The Hall–Kier alpha value is -2.96. The van der Waals surface area contributed by atoms with Crippen molar-refractivity contribution in [2.75, 3.05) is 6.61 Å². The minimum absolute atomic E-state index is 0.0885. The van der Waals surface area contributed by atoms with E-state index in [2.05, 4.69) is 4.98 Å². The molecule has 2 aromatic rings. The van der Waals surface area contributed by atoms with Crippen molar-refractivity contribution in [2.24, 2.45) is 0 Å². The van der Waals surface area contributed by atoms with Crippen LogP contribution in [-0.4, -0.2) is 38.6 Å². The molecule has 0 spiro atoms. The normalized spacial score (nSPS) is 12.0. The molecule has 0 aliphatic heterocycles. The number of imidazole rings is 1. The molecule has 7 heteroatoms. The number of ketones is 1. The first kappa shape index (κ1) is 16.4. The zero-order valence-electron chi connectivity index (χ0n) is 13.1. The molecule has 0 atom stereocenters. The van der Waals surface area contributed by atoms with Crippen LogP contribution in [0.15, 0.2) is 35.7 Å². The van der Waals surface area contributed by atoms with Crippen LogP contribution in [0.4, 0.5) is 0 Å². The van der Waals surface area contributed by atoms with E-state index >= 15 is 0 Å². The van der Waals surface area contributed by atoms with Crippen molar-refractivity contribution in [3.8, 4) is 0 Å². The maximum absolute atomic E-state index is 12.0. The third kappa shape index (κ3) is 3.45. The lowest BCUT2D eigenvalue weighted by molar-refractivity contribution is -0.113. The van der Waals surface area contributed by atoms with Crippen molar-refractivity contribution in [1.29, 1.82) is 5.41 Å². The minimum atomic E-state index is -0.717. The lowest BCUT2D eigenvalue weighted by atomic mass is 10.1. The quantitative estimate of drug-likeness (QED) is 0.381. The first-order valence-corrected chi connectivity index (χ1v) is 6.91. The molecular weight excluding hydrogens is 298 g/mol. The average Bonchev–Trinajstić information content (AvgIpc) is 2.89. The lowest BCUT2D eigenvalue weighted by Gasteiger charge is -2.07. The number of esters is 1. The number of carbonyl (C=O) groups excluding carboxylic acids is 2. The van der Waals surface area contributed by atoms with E-state index in [9.17, 15) is 14.7 Å². The number of hydrogen-bond acceptors (Lipinski definition) is 6. The second-order valence-corrected chi connectivity index (χ2v) is 5.10. The molecule has 23 heavy (non-hydrogen) atoms. The molecule has 0 aliphatic carbocycles. The molecule has 0 unspecified atom stereocenters. The smallest absolute Gasteiger partial charge is 0.359 e. The number of rotatable bonds is 5. The standard InChI is InChI=1S/C16H17N3O4/c1-9-5-4-6-14-18-12(7-19(9)14)16(22)23-8-13(21)15(10(2)17)11(3)20/h4-7,17,21H,8H2,1-3H3/b15-13-,17-10?. The van der Waals surface area contributed by atoms with Gasteiger partial charge >= 0.3 is 5.97 Å². The number of ether oxygens (including phenoxy) is 1. The number of fused-ring (bicyclic) bond motifs is 1. The molecule has 0 fully saturated rings. The van der Waals surface area contributed by atoms with Crippen molar-refractivity contribution in [2.45, 2.75) is 20.8 Å². The Labute approximate surface area is 132 Å². The first-order chi connectivity index (χ1) is 10.8. The number of Topliss-reactive ketones (excluding diaryl/α,β-unsaturated/α-hetero) is 1. The number of allylic oxidation sites excluding steroid dienone is 1. The number of pyridine rings is 1. The Bertz CT molecular complexity index is 817. The van der Waals surface area contributed by atoms with Crippen LogP contribution < -0.4 is 0 Å². The predicted molar refractivity (Wildman–Crippen MR) is 83.9 cm³/mol. The van der Waals surface area contributed by atoms with Crippen LogP contribution in [0.1, 0.15) is 30.0 Å². The van der Waals surface area contributed by atoms with Crippen LogP contribution in [0.25, 0.3) is 5.65 Å². The SMILES string of the molecule is CC(=N)/C(C(C)=O)=C(/O)COC(=O)c1cn2c(C)cccc2n1. The fourth-order valence-electron chi connectivity index (χ4n) is 2.21. The Kier molecular flexibility index (Phi) is 4.59. The van der Waals surface area contributed by atoms with Gasteiger partial charge in [0.25, 0.3) is 0 Å². The number of carbonyl (C=O) groups is 2. The number of nitrogens with zero attached hydrogens (tertiary/aromatic N) is 2. The van der Waals surface area contributed by atoms with Crippen molar-refractivity contribution < 1.29 is 19.4 Å². The van der Waals surface area contributed by atoms with Gasteiger partial charge in [0, 0.05) is 17.6 Å². The second-order valence-electron chi connectivity index (χ2n) is 5.10. The third-order valence-electron chi connectivity index (χ3n) is 3.26. The van der Waals surface area contributed by atoms with E-state index in [0.29, 0.717) is 5.65 Å². The van der Waals surface area contributed by atoms with Crippen LogP contribution in [0.5, 0.6) is 0 Å². The Morgan fingerprint density at radius 3 is 2.61 bits per heavy atom. The van der Waals surface area contributed by atoms with Gasteiger partial charge in [-0.1, -0.05) is 6.07 Å². The van der Waals surface area contributed by atoms with Gasteiger partial charge in [-0.05, 0) is 32.9 Å². The largest absolute Gasteiger partial charge is 0.508 e. The van der Waals surface area contributed by atoms with Gasteiger partial charge in [0.1, 0.15) is 18.0 Å². The Morgan fingerprint density at radius 2 is 2.04 bits per heavy atom. The molecule has 7 nitrogen and oxygen atoms in total. The molecule has 0 saturated carbocycles. The summed E-state index contributed by atoms with van der Waals surface area (Å²) in [4.78, 5) is 27.6. The Balaban J connectivity index is 2.18. The van der Waals surface area contributed by atoms with E-state index in [1.165, 1.54) is 13.8 Å². The fourth-order valence-corrected chi connectivity index (χ4v) is 2.21. The Morgan fingerprint density at radius 1 is 1.35 bits per heavy atom. The molecule has 2 aromatic heterocycles. The lowest BCUT2D eigenvalue weighted by Crippen LogP contribution is -2.15. The van der Waals surface area contributed by atoms with Crippen LogP contribution >= 0.6 is 0 Å². The summed E-state index contributed by atoms with van der Waals surface area (Å²) < 4.78 is 6.71. The van der Waals surface area contributed by atoms with Crippen molar-refractivity contribution in [3.63, 3.8) is 0 Å². The topological polar surface area (TPSA) is 105 Å². The summed E-state index contributed by atoms with van der Waals surface area (Å²) in [5, 5.41) is 17.3. The van der Waals surface area contributed by atoms with E-state index in [1.807, 2.05) is 19.1 Å². The summed E-state index contributed by atoms with van der Waals surface area (Å²) in [6.45, 7) is 4.00. The first-order valence-electron chi connectivity index (χ1n) is 6.91. The van der Waals surface area contributed by atoms with Gasteiger partial charge in [-0.3, -0.25) is 4.79 Å². The predicted octanol–water partition coefficient (Wildman–Crippen LogP) is 2.24. The molecule has 0 aliphatic rings. The molecule has 0 radical (unpaired) electrons. The van der Waals surface area contributed by atoms with Crippen molar-refractivity contribution in [3.05, 3.63) is 47.1 Å². The third-order valence-corrected chi connectivity index (χ3v) is 3.26. The van der Waals surface area contributed by atoms with Gasteiger partial charge in [-0.2, -0.15) is 0 Å². The number of hydrogen-bond donors (Lipinski definition) is 2. The number of aliphatic hydroxyl groups excluding tert-OH is 1.